The molecule has 0 saturated heterocycles. The van der Waals surface area contributed by atoms with Crippen LogP contribution in [0.25, 0.3) is 11.3 Å². The highest BCUT2D eigenvalue weighted by Crippen LogP contribution is 2.23. The van der Waals surface area contributed by atoms with Crippen molar-refractivity contribution in [2.24, 2.45) is 0 Å². The van der Waals surface area contributed by atoms with E-state index in [0.29, 0.717) is 5.76 Å². The molecule has 0 amide bonds. The van der Waals surface area contributed by atoms with E-state index in [1.54, 1.807) is 7.11 Å². The summed E-state index contributed by atoms with van der Waals surface area (Å²) in [6.07, 6.45) is 5.52. The van der Waals surface area contributed by atoms with E-state index in [-0.39, 0.29) is 6.10 Å². The van der Waals surface area contributed by atoms with Crippen molar-refractivity contribution in [3.63, 3.8) is 0 Å². The average Bonchev–Trinajstić information content (AvgIpc) is 2.45. The lowest BCUT2D eigenvalue weighted by Crippen LogP contribution is -2.38. The first-order valence-electron chi connectivity index (χ1n) is 5.67. The third-order valence-corrected chi connectivity index (χ3v) is 3.10. The van der Waals surface area contributed by atoms with Crippen LogP contribution in [0.2, 0.25) is 0 Å². The van der Waals surface area contributed by atoms with E-state index < -0.39 is 0 Å². The third kappa shape index (κ3) is 1.51. The number of allylic oxidation sites excluding steroid dienone is 1. The summed E-state index contributed by atoms with van der Waals surface area (Å²) in [5.41, 5.74) is 1.03. The minimum absolute atomic E-state index is 0.201. The second-order valence-corrected chi connectivity index (χ2v) is 4.09. The predicted molar refractivity (Wildman–Crippen MR) is 67.2 cm³/mol. The maximum atomic E-state index is 9.14. The summed E-state index contributed by atoms with van der Waals surface area (Å²) in [5.74, 6) is 1.17. The number of ether oxygens (including phenoxy) is 2. The fraction of sp³-hybridized carbons (Fsp3) is 0.133. The molecular weight excluding hydrogens is 226 g/mol. The van der Waals surface area contributed by atoms with Crippen molar-refractivity contribution in [3.8, 4) is 6.07 Å². The number of nitriles is 1. The number of hydrogen-bond acceptors (Lipinski definition) is 3. The molecule has 3 nitrogen and oxygen atoms in total. The zero-order valence-corrected chi connectivity index (χ0v) is 9.88. The van der Waals surface area contributed by atoms with E-state index in [1.807, 2.05) is 42.5 Å². The average molecular weight is 237 g/mol. The summed E-state index contributed by atoms with van der Waals surface area (Å²) in [6.45, 7) is 0. The Bertz CT molecular complexity index is 720. The lowest BCUT2D eigenvalue weighted by molar-refractivity contribution is 0.253. The zero-order valence-electron chi connectivity index (χ0n) is 9.88. The van der Waals surface area contributed by atoms with Crippen LogP contribution in [-0.4, -0.2) is 13.2 Å². The molecule has 18 heavy (non-hydrogen) atoms. The van der Waals surface area contributed by atoms with Gasteiger partial charge in [-0.2, -0.15) is 5.26 Å². The monoisotopic (exact) mass is 237 g/mol. The smallest absolute Gasteiger partial charge is 0.205 e. The van der Waals surface area contributed by atoms with E-state index in [4.69, 9.17) is 14.7 Å². The van der Waals surface area contributed by atoms with Crippen molar-refractivity contribution in [2.75, 3.05) is 7.11 Å². The number of benzene rings is 1. The lowest BCUT2D eigenvalue weighted by Gasteiger charge is -2.23. The maximum absolute atomic E-state index is 9.14. The number of hydrogen-bond donors (Lipinski definition) is 0. The van der Waals surface area contributed by atoms with Gasteiger partial charge in [0.2, 0.25) is 5.76 Å². The van der Waals surface area contributed by atoms with Gasteiger partial charge in [0.15, 0.2) is 0 Å². The Hall–Kier alpha value is -2.47. The van der Waals surface area contributed by atoms with Gasteiger partial charge in [0.1, 0.15) is 17.9 Å². The Morgan fingerprint density at radius 3 is 2.78 bits per heavy atom. The molecule has 0 bridgehead atoms. The molecule has 1 aliphatic heterocycles. The second kappa shape index (κ2) is 4.08. The molecule has 1 aromatic rings. The van der Waals surface area contributed by atoms with Crippen molar-refractivity contribution in [2.45, 2.75) is 6.10 Å². The van der Waals surface area contributed by atoms with Crippen LogP contribution >= 0.6 is 0 Å². The molecule has 3 heteroatoms. The highest BCUT2D eigenvalue weighted by molar-refractivity contribution is 5.72. The maximum Gasteiger partial charge on any atom is 0.205 e. The van der Waals surface area contributed by atoms with Crippen LogP contribution in [0.3, 0.4) is 0 Å². The van der Waals surface area contributed by atoms with Crippen molar-refractivity contribution >= 4 is 11.3 Å². The molecule has 0 spiro atoms. The summed E-state index contributed by atoms with van der Waals surface area (Å²) in [6, 6.07) is 9.88. The first kappa shape index (κ1) is 10.7. The highest BCUT2D eigenvalue weighted by atomic mass is 16.5. The van der Waals surface area contributed by atoms with Gasteiger partial charge in [0.05, 0.1) is 7.11 Å². The number of fused-ring (bicyclic) bond motifs is 2. The molecule has 3 rings (SSSR count). The van der Waals surface area contributed by atoms with E-state index in [2.05, 4.69) is 6.07 Å². The summed E-state index contributed by atoms with van der Waals surface area (Å²) < 4.78 is 10.9. The van der Waals surface area contributed by atoms with Gasteiger partial charge >= 0.3 is 0 Å². The van der Waals surface area contributed by atoms with Crippen molar-refractivity contribution in [3.05, 3.63) is 58.7 Å². The molecule has 0 fully saturated rings. The number of methoxy groups -OCH3 is 1. The number of rotatable bonds is 1. The number of nitrogens with zero attached hydrogens (tertiary/aromatic N) is 1. The van der Waals surface area contributed by atoms with Crippen LogP contribution in [-0.2, 0) is 9.47 Å². The van der Waals surface area contributed by atoms with Gasteiger partial charge in [-0.05, 0) is 29.5 Å². The van der Waals surface area contributed by atoms with Crippen LogP contribution in [0, 0.1) is 11.3 Å². The first-order valence-corrected chi connectivity index (χ1v) is 5.67. The molecule has 0 saturated carbocycles. The first-order chi connectivity index (χ1) is 8.83. The van der Waals surface area contributed by atoms with Gasteiger partial charge in [-0.1, -0.05) is 18.2 Å². The molecule has 1 aliphatic carbocycles. The third-order valence-electron chi connectivity index (χ3n) is 3.10. The minimum Gasteiger partial charge on any atom is -0.497 e. The quantitative estimate of drug-likeness (QED) is 0.731. The van der Waals surface area contributed by atoms with Gasteiger partial charge in [-0.15, -0.1) is 0 Å². The second-order valence-electron chi connectivity index (χ2n) is 4.09. The van der Waals surface area contributed by atoms with Crippen LogP contribution in [0.5, 0.6) is 0 Å². The molecule has 1 atom stereocenters. The highest BCUT2D eigenvalue weighted by Gasteiger charge is 2.22. The standard InChI is InChI=1S/C15H11NO2/c1-17-10-6-7-14-13(8-10)11-4-2-3-5-12(11)15(9-16)18-14/h2-8,14H,1H3. The van der Waals surface area contributed by atoms with E-state index in [0.717, 1.165) is 21.8 Å². The minimum atomic E-state index is -0.201. The van der Waals surface area contributed by atoms with Crippen molar-refractivity contribution < 1.29 is 9.47 Å². The van der Waals surface area contributed by atoms with Crippen LogP contribution in [0.15, 0.2) is 48.3 Å². The Morgan fingerprint density at radius 1 is 1.28 bits per heavy atom. The molecule has 0 N–H and O–H groups in total. The summed E-state index contributed by atoms with van der Waals surface area (Å²) in [4.78, 5) is 0. The fourth-order valence-electron chi connectivity index (χ4n) is 2.24. The fourth-order valence-corrected chi connectivity index (χ4v) is 2.24. The normalized spacial score (nSPS) is 20.2. The summed E-state index contributed by atoms with van der Waals surface area (Å²) >= 11 is 0. The molecule has 1 unspecified atom stereocenters. The molecule has 1 heterocycles. The van der Waals surface area contributed by atoms with Gasteiger partial charge < -0.3 is 9.47 Å². The SMILES string of the molecule is COC1=CC2=c3ccccc3=C(C#N)OC2C=C1. The Morgan fingerprint density at radius 2 is 2.06 bits per heavy atom. The van der Waals surface area contributed by atoms with Gasteiger partial charge in [-0.25, -0.2) is 0 Å². The van der Waals surface area contributed by atoms with Crippen LogP contribution in [0.4, 0.5) is 0 Å². The molecule has 0 radical (unpaired) electrons. The predicted octanol–water partition coefficient (Wildman–Crippen LogP) is 0.968. The largest absolute Gasteiger partial charge is 0.497 e. The van der Waals surface area contributed by atoms with Crippen molar-refractivity contribution in [1.29, 1.82) is 5.26 Å². The van der Waals surface area contributed by atoms with Crippen molar-refractivity contribution in [1.82, 2.24) is 0 Å². The molecular formula is C15H11NO2. The van der Waals surface area contributed by atoms with Gasteiger partial charge in [-0.3, -0.25) is 0 Å². The van der Waals surface area contributed by atoms with E-state index >= 15 is 0 Å². The lowest BCUT2D eigenvalue weighted by atomic mass is 9.97. The Labute approximate surface area is 105 Å². The molecule has 88 valence electrons. The van der Waals surface area contributed by atoms with Crippen LogP contribution in [0.1, 0.15) is 0 Å². The molecule has 0 aromatic heterocycles. The molecule has 1 aromatic carbocycles. The topological polar surface area (TPSA) is 42.2 Å². The summed E-state index contributed by atoms with van der Waals surface area (Å²) in [7, 11) is 1.64. The van der Waals surface area contributed by atoms with Gasteiger partial charge in [0, 0.05) is 10.8 Å². The Balaban J connectivity index is 2.38. The zero-order chi connectivity index (χ0) is 12.5. The molecule has 2 aliphatic rings. The summed E-state index contributed by atoms with van der Waals surface area (Å²) in [5, 5.41) is 11.0. The van der Waals surface area contributed by atoms with Crippen LogP contribution < -0.4 is 10.4 Å². The van der Waals surface area contributed by atoms with Gasteiger partial charge in [0.25, 0.3) is 0 Å². The Kier molecular flexibility index (Phi) is 2.42. The van der Waals surface area contributed by atoms with E-state index in [9.17, 15) is 0 Å². The van der Waals surface area contributed by atoms with E-state index in [1.165, 1.54) is 0 Å².